The number of imide groups is 1. The molecular formula is C29H22ClN3O5S2. The van der Waals surface area contributed by atoms with Gasteiger partial charge in [-0.15, -0.1) is 0 Å². The number of aromatic amines is 1. The van der Waals surface area contributed by atoms with Crippen LogP contribution in [0.15, 0.2) is 82.6 Å². The van der Waals surface area contributed by atoms with Crippen LogP contribution < -0.4 is 19.8 Å². The minimum atomic E-state index is -0.780. The van der Waals surface area contributed by atoms with Gasteiger partial charge in [-0.1, -0.05) is 65.0 Å². The minimum absolute atomic E-state index is 0.263. The van der Waals surface area contributed by atoms with E-state index < -0.39 is 17.1 Å². The number of H-pyrrole nitrogens is 1. The third kappa shape index (κ3) is 4.83. The summed E-state index contributed by atoms with van der Waals surface area (Å²) in [5.41, 5.74) is 2.73. The normalized spacial score (nSPS) is 19.8. The number of para-hydroxylation sites is 1. The molecule has 0 aliphatic carbocycles. The van der Waals surface area contributed by atoms with Crippen molar-refractivity contribution in [2.24, 2.45) is 5.92 Å². The van der Waals surface area contributed by atoms with Crippen molar-refractivity contribution in [2.45, 2.75) is 23.1 Å². The number of thioether (sulfide) groups is 1. The van der Waals surface area contributed by atoms with Crippen molar-refractivity contribution in [3.05, 3.63) is 103 Å². The Bertz CT molecular complexity index is 1700. The zero-order valence-electron chi connectivity index (χ0n) is 21.1. The second-order valence-corrected chi connectivity index (χ2v) is 12.1. The summed E-state index contributed by atoms with van der Waals surface area (Å²) >= 11 is 8.24. The first-order chi connectivity index (χ1) is 19.3. The van der Waals surface area contributed by atoms with Crippen LogP contribution in [0.5, 0.6) is 5.75 Å². The van der Waals surface area contributed by atoms with Crippen LogP contribution in [0.1, 0.15) is 21.9 Å². The molecular weight excluding hydrogens is 570 g/mol. The van der Waals surface area contributed by atoms with Crippen molar-refractivity contribution < 1.29 is 19.1 Å². The number of amides is 3. The third-order valence-electron chi connectivity index (χ3n) is 6.82. The molecule has 202 valence electrons. The number of carbonyl (C=O) groups excluding carboxylic acids is 3. The summed E-state index contributed by atoms with van der Waals surface area (Å²) in [4.78, 5) is 57.0. The Morgan fingerprint density at radius 3 is 2.58 bits per heavy atom. The average Bonchev–Trinajstić information content (AvgIpc) is 3.42. The molecule has 6 rings (SSSR count). The van der Waals surface area contributed by atoms with E-state index in [2.05, 4.69) is 10.3 Å². The highest BCUT2D eigenvalue weighted by Crippen LogP contribution is 2.54. The van der Waals surface area contributed by atoms with Gasteiger partial charge >= 0.3 is 4.87 Å². The number of ether oxygens (including phenoxy) is 1. The SMILES string of the molecule is Cc1cccc(NC(=O)COc2ccccc2C2c3sc(=O)[nH]c3SC3C(=O)N(c4ccc(Cl)cc4)C(=O)C32)c1. The van der Waals surface area contributed by atoms with Gasteiger partial charge in [0.25, 0.3) is 5.91 Å². The Hall–Kier alpha value is -3.86. The Kier molecular flexibility index (Phi) is 6.99. The van der Waals surface area contributed by atoms with Gasteiger partial charge < -0.3 is 15.0 Å². The molecule has 1 saturated heterocycles. The number of nitrogens with one attached hydrogen (secondary N) is 2. The number of rotatable bonds is 6. The van der Waals surface area contributed by atoms with E-state index in [9.17, 15) is 19.2 Å². The van der Waals surface area contributed by atoms with E-state index in [0.717, 1.165) is 16.9 Å². The molecule has 8 nitrogen and oxygen atoms in total. The highest BCUT2D eigenvalue weighted by molar-refractivity contribution is 8.00. The van der Waals surface area contributed by atoms with Gasteiger partial charge in [-0.25, -0.2) is 4.90 Å². The summed E-state index contributed by atoms with van der Waals surface area (Å²) in [5.74, 6) is -2.08. The molecule has 3 heterocycles. The van der Waals surface area contributed by atoms with Crippen LogP contribution in [0.25, 0.3) is 0 Å². The number of aromatic nitrogens is 1. The van der Waals surface area contributed by atoms with Gasteiger partial charge in [-0.05, 0) is 55.0 Å². The molecule has 1 aromatic heterocycles. The number of hydrogen-bond donors (Lipinski definition) is 2. The lowest BCUT2D eigenvalue weighted by Crippen LogP contribution is -2.32. The highest BCUT2D eigenvalue weighted by atomic mass is 35.5. The Morgan fingerprint density at radius 1 is 1.02 bits per heavy atom. The molecule has 0 bridgehead atoms. The predicted octanol–water partition coefficient (Wildman–Crippen LogP) is 5.21. The zero-order valence-corrected chi connectivity index (χ0v) is 23.4. The monoisotopic (exact) mass is 591 g/mol. The second kappa shape index (κ2) is 10.6. The van der Waals surface area contributed by atoms with E-state index in [1.807, 2.05) is 31.2 Å². The van der Waals surface area contributed by atoms with Gasteiger partial charge in [0, 0.05) is 27.1 Å². The summed E-state index contributed by atoms with van der Waals surface area (Å²) in [5, 5.41) is 3.13. The smallest absolute Gasteiger partial charge is 0.305 e. The molecule has 0 spiro atoms. The van der Waals surface area contributed by atoms with Crippen LogP contribution in [0, 0.1) is 12.8 Å². The van der Waals surface area contributed by atoms with E-state index in [1.165, 1.54) is 16.7 Å². The van der Waals surface area contributed by atoms with Crippen LogP contribution in [-0.4, -0.2) is 34.6 Å². The van der Waals surface area contributed by atoms with Crippen LogP contribution >= 0.6 is 34.7 Å². The summed E-state index contributed by atoms with van der Waals surface area (Å²) in [6.45, 7) is 1.67. The molecule has 3 amide bonds. The Labute approximate surface area is 242 Å². The van der Waals surface area contributed by atoms with Crippen LogP contribution in [0.4, 0.5) is 11.4 Å². The average molecular weight is 592 g/mol. The molecule has 40 heavy (non-hydrogen) atoms. The quantitative estimate of drug-likeness (QED) is 0.298. The van der Waals surface area contributed by atoms with Crippen molar-refractivity contribution in [1.82, 2.24) is 4.98 Å². The maximum absolute atomic E-state index is 13.9. The van der Waals surface area contributed by atoms with E-state index >= 15 is 0 Å². The topological polar surface area (TPSA) is 109 Å². The Balaban J connectivity index is 1.34. The number of nitrogens with zero attached hydrogens (tertiary/aromatic N) is 1. The molecule has 2 N–H and O–H groups in total. The molecule has 11 heteroatoms. The minimum Gasteiger partial charge on any atom is -0.483 e. The fourth-order valence-corrected chi connectivity index (χ4v) is 7.76. The van der Waals surface area contributed by atoms with E-state index in [0.29, 0.717) is 37.6 Å². The third-order valence-corrected chi connectivity index (χ3v) is 9.48. The van der Waals surface area contributed by atoms with Crippen LogP contribution in [-0.2, 0) is 14.4 Å². The molecule has 1 fully saturated rings. The van der Waals surface area contributed by atoms with Gasteiger partial charge in [-0.3, -0.25) is 19.2 Å². The van der Waals surface area contributed by atoms with Gasteiger partial charge in [-0.2, -0.15) is 0 Å². The number of fused-ring (bicyclic) bond motifs is 2. The van der Waals surface area contributed by atoms with Crippen LogP contribution in [0.2, 0.25) is 5.02 Å². The van der Waals surface area contributed by atoms with Crippen molar-refractivity contribution in [3.63, 3.8) is 0 Å². The maximum atomic E-state index is 13.9. The molecule has 0 radical (unpaired) electrons. The molecule has 0 saturated carbocycles. The largest absolute Gasteiger partial charge is 0.483 e. The summed E-state index contributed by atoms with van der Waals surface area (Å²) in [6, 6.07) is 21.1. The molecule has 3 unspecified atom stereocenters. The first kappa shape index (κ1) is 26.4. The molecule has 4 aromatic rings. The predicted molar refractivity (Wildman–Crippen MR) is 156 cm³/mol. The number of thiazole rings is 1. The van der Waals surface area contributed by atoms with Gasteiger partial charge in [0.1, 0.15) is 11.0 Å². The van der Waals surface area contributed by atoms with Crippen molar-refractivity contribution in [1.29, 1.82) is 0 Å². The number of halogens is 1. The van der Waals surface area contributed by atoms with Gasteiger partial charge in [0.05, 0.1) is 16.6 Å². The number of aryl methyl sites for hydroxylation is 1. The molecule has 3 atom stereocenters. The summed E-state index contributed by atoms with van der Waals surface area (Å²) in [7, 11) is 0. The van der Waals surface area contributed by atoms with Gasteiger partial charge in [0.15, 0.2) is 6.61 Å². The van der Waals surface area contributed by atoms with Crippen molar-refractivity contribution in [3.8, 4) is 5.75 Å². The maximum Gasteiger partial charge on any atom is 0.305 e. The van der Waals surface area contributed by atoms with E-state index in [1.54, 1.807) is 48.5 Å². The molecule has 3 aromatic carbocycles. The lowest BCUT2D eigenvalue weighted by Gasteiger charge is -2.30. The zero-order chi connectivity index (χ0) is 28.0. The number of hydrogen-bond acceptors (Lipinski definition) is 7. The summed E-state index contributed by atoms with van der Waals surface area (Å²) < 4.78 is 5.98. The van der Waals surface area contributed by atoms with E-state index in [-0.39, 0.29) is 29.2 Å². The molecule has 2 aliphatic heterocycles. The fourth-order valence-electron chi connectivity index (χ4n) is 5.13. The molecule has 2 aliphatic rings. The van der Waals surface area contributed by atoms with Gasteiger partial charge in [0.2, 0.25) is 11.8 Å². The highest BCUT2D eigenvalue weighted by Gasteiger charge is 2.56. The lowest BCUT2D eigenvalue weighted by molar-refractivity contribution is -0.122. The first-order valence-corrected chi connectivity index (χ1v) is 14.5. The van der Waals surface area contributed by atoms with Crippen molar-refractivity contribution in [2.75, 3.05) is 16.8 Å². The van der Waals surface area contributed by atoms with E-state index in [4.69, 9.17) is 16.3 Å². The van der Waals surface area contributed by atoms with Crippen LogP contribution in [0.3, 0.4) is 0 Å². The Morgan fingerprint density at radius 2 is 1.80 bits per heavy atom. The number of benzene rings is 3. The standard InChI is InChI=1S/C29H22ClN3O5S2/c1-15-5-4-6-17(13-15)31-21(34)14-38-20-8-3-2-7-19(20)22-23-25(39-26-24(22)40-29(37)32-26)28(36)33(27(23)35)18-11-9-16(30)10-12-18/h2-13,22-23,25H,14H2,1H3,(H,31,34)(H,32,37). The van der Waals surface area contributed by atoms with Crippen molar-refractivity contribution >= 4 is 63.8 Å². The number of carbonyl (C=O) groups is 3. The number of anilines is 2. The fraction of sp³-hybridized carbons (Fsp3) is 0.172. The second-order valence-electron chi connectivity index (χ2n) is 9.48. The first-order valence-electron chi connectivity index (χ1n) is 12.4. The summed E-state index contributed by atoms with van der Waals surface area (Å²) in [6.07, 6.45) is 0. The lowest BCUT2D eigenvalue weighted by atomic mass is 9.82.